The number of nitrogens with zero attached hydrogens (tertiary/aromatic N) is 3. The van der Waals surface area contributed by atoms with Crippen LogP contribution in [0.1, 0.15) is 31.8 Å². The van der Waals surface area contributed by atoms with Gasteiger partial charge >= 0.3 is 0 Å². The molecule has 0 aliphatic rings. The predicted molar refractivity (Wildman–Crippen MR) is 84.6 cm³/mol. The van der Waals surface area contributed by atoms with Crippen LogP contribution in [-0.2, 0) is 17.8 Å². The molecule has 2 aromatic heterocycles. The molecule has 21 heavy (non-hydrogen) atoms. The van der Waals surface area contributed by atoms with Crippen molar-refractivity contribution in [1.82, 2.24) is 19.9 Å². The number of alkyl halides is 1. The van der Waals surface area contributed by atoms with Gasteiger partial charge in [0.05, 0.1) is 0 Å². The van der Waals surface area contributed by atoms with E-state index < -0.39 is 0 Å². The largest absolute Gasteiger partial charge is 0.354 e. The quantitative estimate of drug-likeness (QED) is 0.834. The third-order valence-corrected chi connectivity index (χ3v) is 3.33. The minimum Gasteiger partial charge on any atom is -0.354 e. The van der Waals surface area contributed by atoms with Crippen molar-refractivity contribution in [3.05, 3.63) is 23.7 Å². The smallest absolute Gasteiger partial charge is 0.221 e. The molecule has 0 aliphatic carbocycles. The molecule has 0 unspecified atom stereocenters. The Hall–Kier alpha value is -1.62. The lowest BCUT2D eigenvalue weighted by Crippen LogP contribution is -2.30. The molecule has 0 aliphatic heterocycles. The normalized spacial score (nSPS) is 11.3. The number of fused-ring (bicyclic) bond motifs is 1. The van der Waals surface area contributed by atoms with Crippen molar-refractivity contribution in [2.24, 2.45) is 0 Å². The molecule has 6 heteroatoms. The Morgan fingerprint density at radius 1 is 1.38 bits per heavy atom. The first-order chi connectivity index (χ1) is 10.0. The molecule has 114 valence electrons. The summed E-state index contributed by atoms with van der Waals surface area (Å²) < 4.78 is 2.00. The molecule has 0 saturated heterocycles. The number of imidazole rings is 1. The number of hydrogen-bond acceptors (Lipinski definition) is 3. The fraction of sp³-hybridized carbons (Fsp3) is 0.533. The second-order valence-corrected chi connectivity index (χ2v) is 5.76. The van der Waals surface area contributed by atoms with Gasteiger partial charge in [0, 0.05) is 37.0 Å². The molecule has 0 saturated carbocycles. The van der Waals surface area contributed by atoms with Crippen molar-refractivity contribution in [2.45, 2.75) is 46.2 Å². The lowest BCUT2D eigenvalue weighted by atomic mass is 10.3. The fourth-order valence-corrected chi connectivity index (χ4v) is 2.43. The van der Waals surface area contributed by atoms with Crippen LogP contribution in [0.15, 0.2) is 12.1 Å². The Balaban J connectivity index is 2.25. The number of nitrogens with one attached hydrogen (secondary N) is 1. The Morgan fingerprint density at radius 3 is 2.81 bits per heavy atom. The fourth-order valence-electron chi connectivity index (χ4n) is 2.26. The molecule has 0 radical (unpaired) electrons. The average molecular weight is 309 g/mol. The van der Waals surface area contributed by atoms with Crippen molar-refractivity contribution in [2.75, 3.05) is 5.88 Å². The maximum atomic E-state index is 11.8. The van der Waals surface area contributed by atoms with Gasteiger partial charge in [-0.15, -0.1) is 11.6 Å². The maximum Gasteiger partial charge on any atom is 0.221 e. The first-order valence-corrected chi connectivity index (χ1v) is 7.72. The lowest BCUT2D eigenvalue weighted by Gasteiger charge is -2.10. The highest BCUT2D eigenvalue weighted by Crippen LogP contribution is 2.16. The molecule has 0 aromatic carbocycles. The van der Waals surface area contributed by atoms with Gasteiger partial charge in [-0.3, -0.25) is 4.79 Å². The van der Waals surface area contributed by atoms with Crippen LogP contribution in [0.2, 0.25) is 0 Å². The van der Waals surface area contributed by atoms with Gasteiger partial charge in [-0.2, -0.15) is 0 Å². The zero-order valence-corrected chi connectivity index (χ0v) is 13.4. The van der Waals surface area contributed by atoms with Crippen LogP contribution in [0.5, 0.6) is 0 Å². The van der Waals surface area contributed by atoms with Crippen LogP contribution in [0.3, 0.4) is 0 Å². The van der Waals surface area contributed by atoms with E-state index in [0.717, 1.165) is 22.7 Å². The van der Waals surface area contributed by atoms with E-state index in [1.165, 1.54) is 0 Å². The molecule has 0 atom stereocenters. The minimum atomic E-state index is 0.0383. The van der Waals surface area contributed by atoms with Gasteiger partial charge in [-0.1, -0.05) is 0 Å². The first-order valence-electron chi connectivity index (χ1n) is 7.19. The number of hydrogen-bond donors (Lipinski definition) is 1. The van der Waals surface area contributed by atoms with E-state index in [9.17, 15) is 4.79 Å². The Morgan fingerprint density at radius 2 is 2.14 bits per heavy atom. The number of carbonyl (C=O) groups excluding carboxylic acids is 1. The molecular formula is C15H21ClN4O. The molecule has 0 bridgehead atoms. The van der Waals surface area contributed by atoms with Crippen LogP contribution in [0.25, 0.3) is 11.2 Å². The number of aromatic nitrogens is 3. The van der Waals surface area contributed by atoms with Gasteiger partial charge in [0.2, 0.25) is 5.91 Å². The van der Waals surface area contributed by atoms with Crippen molar-refractivity contribution >= 4 is 28.7 Å². The van der Waals surface area contributed by atoms with Crippen molar-refractivity contribution in [1.29, 1.82) is 0 Å². The Kier molecular flexibility index (Phi) is 5.17. The summed E-state index contributed by atoms with van der Waals surface area (Å²) in [6.07, 6.45) is 1.08. The van der Waals surface area contributed by atoms with E-state index in [0.29, 0.717) is 25.3 Å². The van der Waals surface area contributed by atoms with E-state index >= 15 is 0 Å². The van der Waals surface area contributed by atoms with Gasteiger partial charge in [-0.05, 0) is 32.9 Å². The number of amides is 1. The third kappa shape index (κ3) is 3.94. The summed E-state index contributed by atoms with van der Waals surface area (Å²) in [6, 6.07) is 4.05. The number of carbonyl (C=O) groups is 1. The van der Waals surface area contributed by atoms with Crippen LogP contribution < -0.4 is 5.32 Å². The molecule has 5 nitrogen and oxygen atoms in total. The highest BCUT2D eigenvalue weighted by molar-refractivity contribution is 6.17. The van der Waals surface area contributed by atoms with Crippen LogP contribution >= 0.6 is 11.6 Å². The SMILES string of the molecule is Cc1ccc2nc(CCCl)n(CCC(=O)NC(C)C)c2n1. The summed E-state index contributed by atoms with van der Waals surface area (Å²) >= 11 is 5.85. The molecule has 1 N–H and O–H groups in total. The molecule has 2 heterocycles. The highest BCUT2D eigenvalue weighted by atomic mass is 35.5. The molecule has 1 amide bonds. The highest BCUT2D eigenvalue weighted by Gasteiger charge is 2.13. The van der Waals surface area contributed by atoms with Gasteiger partial charge < -0.3 is 9.88 Å². The standard InChI is InChI=1S/C15H21ClN4O/c1-10(2)17-14(21)7-9-20-13(6-8-16)19-12-5-4-11(3)18-15(12)20/h4-5,10H,6-9H2,1-3H3,(H,17,21). The van der Waals surface area contributed by atoms with Crippen LogP contribution in [-0.4, -0.2) is 32.4 Å². The molecular weight excluding hydrogens is 288 g/mol. The van der Waals surface area contributed by atoms with Gasteiger partial charge in [0.1, 0.15) is 11.3 Å². The average Bonchev–Trinajstić information content (AvgIpc) is 2.73. The summed E-state index contributed by atoms with van der Waals surface area (Å²) in [5.74, 6) is 1.42. The molecule has 0 spiro atoms. The predicted octanol–water partition coefficient (Wildman–Crippen LogP) is 2.44. The second kappa shape index (κ2) is 6.89. The zero-order chi connectivity index (χ0) is 15.4. The second-order valence-electron chi connectivity index (χ2n) is 5.39. The summed E-state index contributed by atoms with van der Waals surface area (Å²) in [5.41, 5.74) is 2.62. The monoisotopic (exact) mass is 308 g/mol. The molecule has 2 aromatic rings. The van der Waals surface area contributed by atoms with E-state index in [2.05, 4.69) is 15.3 Å². The number of aryl methyl sites for hydroxylation is 3. The van der Waals surface area contributed by atoms with Gasteiger partial charge in [-0.25, -0.2) is 9.97 Å². The van der Waals surface area contributed by atoms with E-state index in [1.807, 2.05) is 37.5 Å². The third-order valence-electron chi connectivity index (χ3n) is 3.14. The van der Waals surface area contributed by atoms with Crippen LogP contribution in [0.4, 0.5) is 0 Å². The topological polar surface area (TPSA) is 59.8 Å². The van der Waals surface area contributed by atoms with Crippen LogP contribution in [0, 0.1) is 6.92 Å². The van der Waals surface area contributed by atoms with Gasteiger partial charge in [0.15, 0.2) is 5.65 Å². The van der Waals surface area contributed by atoms with Crippen molar-refractivity contribution in [3.63, 3.8) is 0 Å². The zero-order valence-electron chi connectivity index (χ0n) is 12.7. The minimum absolute atomic E-state index is 0.0383. The maximum absolute atomic E-state index is 11.8. The lowest BCUT2D eigenvalue weighted by molar-refractivity contribution is -0.121. The summed E-state index contributed by atoms with van der Waals surface area (Å²) in [5, 5.41) is 2.90. The number of halogens is 1. The molecule has 2 rings (SSSR count). The van der Waals surface area contributed by atoms with Crippen molar-refractivity contribution in [3.8, 4) is 0 Å². The van der Waals surface area contributed by atoms with E-state index in [-0.39, 0.29) is 11.9 Å². The number of pyridine rings is 1. The summed E-state index contributed by atoms with van der Waals surface area (Å²) in [4.78, 5) is 20.9. The summed E-state index contributed by atoms with van der Waals surface area (Å²) in [7, 11) is 0. The Labute approximate surface area is 129 Å². The summed E-state index contributed by atoms with van der Waals surface area (Å²) in [6.45, 7) is 6.42. The first kappa shape index (κ1) is 15.8. The van der Waals surface area contributed by atoms with Gasteiger partial charge in [0.25, 0.3) is 0 Å². The van der Waals surface area contributed by atoms with E-state index in [4.69, 9.17) is 11.6 Å². The van der Waals surface area contributed by atoms with E-state index in [1.54, 1.807) is 0 Å². The number of rotatable bonds is 6. The molecule has 0 fully saturated rings. The van der Waals surface area contributed by atoms with Crippen molar-refractivity contribution < 1.29 is 4.79 Å². The Bertz CT molecular complexity index is 636.